The molecule has 0 aliphatic heterocycles. The summed E-state index contributed by atoms with van der Waals surface area (Å²) in [7, 11) is 0. The predicted molar refractivity (Wildman–Crippen MR) is 288 cm³/mol. The number of esters is 2. The van der Waals surface area contributed by atoms with E-state index < -0.39 is 6.10 Å². The highest BCUT2D eigenvalue weighted by atomic mass is 16.6. The number of allylic oxidation sites excluding steroid dienone is 8. The molecule has 0 bridgehead atoms. The number of hydrogen-bond acceptors (Lipinski definition) is 5. The summed E-state index contributed by atoms with van der Waals surface area (Å²) in [6.07, 6.45) is 71.4. The largest absolute Gasteiger partial charge is 0.462 e. The monoisotopic (exact) mass is 925 g/mol. The molecule has 0 heterocycles. The standard InChI is InChI=1S/C61H112O5/c1-4-7-10-13-16-19-22-25-28-31-33-36-39-42-45-48-51-54-60(62)65-58-59(57-64-56-53-50-47-44-41-38-35-30-27-24-21-18-15-12-9-6-3)66-61(63)55-52-49-46-43-40-37-34-32-29-26-23-20-17-14-11-8-5-2/h16,19,25,28,33,36,42,45,59H,4-15,17-18,20-24,26-27,29-32,34-35,37-41,43-44,46-58H2,1-3H3/b19-16-,28-25-,36-33-,45-42-/t59-/m1/s1. The van der Waals surface area contributed by atoms with Gasteiger partial charge in [0.2, 0.25) is 0 Å². The molecule has 0 aromatic rings. The van der Waals surface area contributed by atoms with Gasteiger partial charge < -0.3 is 14.2 Å². The minimum Gasteiger partial charge on any atom is -0.462 e. The zero-order valence-electron chi connectivity index (χ0n) is 44.5. The smallest absolute Gasteiger partial charge is 0.306 e. The lowest BCUT2D eigenvalue weighted by atomic mass is 10.0. The molecule has 0 aliphatic rings. The van der Waals surface area contributed by atoms with Crippen LogP contribution in [0, 0.1) is 0 Å². The van der Waals surface area contributed by atoms with Crippen LogP contribution in [0.4, 0.5) is 0 Å². The van der Waals surface area contributed by atoms with Crippen molar-refractivity contribution in [2.45, 2.75) is 309 Å². The lowest BCUT2D eigenvalue weighted by Gasteiger charge is -2.18. The van der Waals surface area contributed by atoms with Crippen LogP contribution in [0.1, 0.15) is 303 Å². The third-order valence-electron chi connectivity index (χ3n) is 12.9. The average Bonchev–Trinajstić information content (AvgIpc) is 3.32. The van der Waals surface area contributed by atoms with Gasteiger partial charge in [-0.25, -0.2) is 0 Å². The molecule has 0 saturated carbocycles. The molecule has 1 atom stereocenters. The summed E-state index contributed by atoms with van der Waals surface area (Å²) in [6, 6.07) is 0. The zero-order chi connectivity index (χ0) is 47.7. The minimum absolute atomic E-state index is 0.0624. The van der Waals surface area contributed by atoms with Gasteiger partial charge in [-0.2, -0.15) is 0 Å². The topological polar surface area (TPSA) is 61.8 Å². The highest BCUT2D eigenvalue weighted by molar-refractivity contribution is 5.70. The summed E-state index contributed by atoms with van der Waals surface area (Å²) in [5.41, 5.74) is 0. The maximum atomic E-state index is 12.9. The molecular weight excluding hydrogens is 813 g/mol. The molecule has 0 spiro atoms. The van der Waals surface area contributed by atoms with E-state index in [1.165, 1.54) is 212 Å². The number of hydrogen-bond donors (Lipinski definition) is 0. The first-order chi connectivity index (χ1) is 32.6. The Morgan fingerprint density at radius 1 is 0.333 bits per heavy atom. The molecule has 0 N–H and O–H groups in total. The number of carbonyl (C=O) groups excluding carboxylic acids is 2. The second-order valence-corrected chi connectivity index (χ2v) is 19.6. The normalized spacial score (nSPS) is 12.5. The molecule has 0 unspecified atom stereocenters. The molecule has 5 heteroatoms. The molecule has 0 radical (unpaired) electrons. The van der Waals surface area contributed by atoms with Gasteiger partial charge in [0.1, 0.15) is 6.61 Å². The van der Waals surface area contributed by atoms with Crippen LogP contribution in [0.2, 0.25) is 0 Å². The van der Waals surface area contributed by atoms with E-state index in [0.29, 0.717) is 19.4 Å². The van der Waals surface area contributed by atoms with Crippen molar-refractivity contribution in [1.29, 1.82) is 0 Å². The van der Waals surface area contributed by atoms with Gasteiger partial charge in [0, 0.05) is 19.4 Å². The molecule has 0 rings (SSSR count). The van der Waals surface area contributed by atoms with Crippen molar-refractivity contribution < 1.29 is 23.8 Å². The van der Waals surface area contributed by atoms with E-state index in [1.54, 1.807) is 0 Å². The Bertz CT molecular complexity index is 1090. The fourth-order valence-electron chi connectivity index (χ4n) is 8.51. The number of ether oxygens (including phenoxy) is 3. The fraction of sp³-hybridized carbons (Fsp3) is 0.836. The van der Waals surface area contributed by atoms with E-state index in [9.17, 15) is 9.59 Å². The Morgan fingerprint density at radius 3 is 1.06 bits per heavy atom. The lowest BCUT2D eigenvalue weighted by molar-refractivity contribution is -0.163. The molecule has 0 aromatic carbocycles. The Morgan fingerprint density at radius 2 is 0.652 bits per heavy atom. The summed E-state index contributed by atoms with van der Waals surface area (Å²) < 4.78 is 17.4. The van der Waals surface area contributed by atoms with E-state index in [0.717, 1.165) is 57.8 Å². The number of carbonyl (C=O) groups is 2. The highest BCUT2D eigenvalue weighted by Gasteiger charge is 2.17. The summed E-state index contributed by atoms with van der Waals surface area (Å²) in [5.74, 6) is -0.443. The summed E-state index contributed by atoms with van der Waals surface area (Å²) in [5, 5.41) is 0. The maximum Gasteiger partial charge on any atom is 0.306 e. The predicted octanol–water partition coefficient (Wildman–Crippen LogP) is 19.9. The zero-order valence-corrected chi connectivity index (χ0v) is 44.5. The molecule has 0 amide bonds. The van der Waals surface area contributed by atoms with Crippen LogP contribution in [-0.4, -0.2) is 37.9 Å². The van der Waals surface area contributed by atoms with Crippen molar-refractivity contribution in [1.82, 2.24) is 0 Å². The second kappa shape index (κ2) is 57.2. The van der Waals surface area contributed by atoms with Gasteiger partial charge in [-0.1, -0.05) is 281 Å². The lowest BCUT2D eigenvalue weighted by Crippen LogP contribution is -2.30. The van der Waals surface area contributed by atoms with Crippen LogP contribution in [0.25, 0.3) is 0 Å². The van der Waals surface area contributed by atoms with Crippen LogP contribution in [0.15, 0.2) is 48.6 Å². The molecule has 5 nitrogen and oxygen atoms in total. The van der Waals surface area contributed by atoms with Gasteiger partial charge in [-0.3, -0.25) is 9.59 Å². The average molecular weight is 926 g/mol. The Kier molecular flexibility index (Phi) is 55.3. The van der Waals surface area contributed by atoms with Crippen LogP contribution < -0.4 is 0 Å². The Hall–Kier alpha value is -2.14. The Labute approximate surface area is 412 Å². The first-order valence-corrected chi connectivity index (χ1v) is 29.2. The first kappa shape index (κ1) is 63.9. The van der Waals surface area contributed by atoms with Gasteiger partial charge in [0.25, 0.3) is 0 Å². The number of rotatable bonds is 54. The molecule has 66 heavy (non-hydrogen) atoms. The van der Waals surface area contributed by atoms with Crippen LogP contribution in [0.5, 0.6) is 0 Å². The Balaban J connectivity index is 4.31. The minimum atomic E-state index is -0.554. The van der Waals surface area contributed by atoms with Crippen molar-refractivity contribution in [3.05, 3.63) is 48.6 Å². The van der Waals surface area contributed by atoms with Gasteiger partial charge in [-0.05, 0) is 57.8 Å². The molecular formula is C61H112O5. The third-order valence-corrected chi connectivity index (χ3v) is 12.9. The molecule has 0 aliphatic carbocycles. The van der Waals surface area contributed by atoms with Crippen molar-refractivity contribution in [2.75, 3.05) is 19.8 Å². The molecule has 0 fully saturated rings. The first-order valence-electron chi connectivity index (χ1n) is 29.2. The van der Waals surface area contributed by atoms with E-state index in [1.807, 2.05) is 0 Å². The maximum absolute atomic E-state index is 12.9. The van der Waals surface area contributed by atoms with E-state index in [-0.39, 0.29) is 25.2 Å². The third kappa shape index (κ3) is 54.5. The summed E-state index contributed by atoms with van der Waals surface area (Å²) in [4.78, 5) is 25.5. The molecule has 386 valence electrons. The van der Waals surface area contributed by atoms with Crippen molar-refractivity contribution >= 4 is 11.9 Å². The van der Waals surface area contributed by atoms with Gasteiger partial charge in [0.15, 0.2) is 6.10 Å². The SMILES string of the molecule is CCCCC/C=C\C/C=C\C/C=C\C/C=C\CCCC(=O)OC[C@@H](COCCCCCCCCCCCCCCCCCC)OC(=O)CCCCCCCCCCCCCCCCCCC. The van der Waals surface area contributed by atoms with Crippen LogP contribution in [-0.2, 0) is 23.8 Å². The van der Waals surface area contributed by atoms with E-state index in [2.05, 4.69) is 69.4 Å². The van der Waals surface area contributed by atoms with Crippen LogP contribution >= 0.6 is 0 Å². The number of unbranched alkanes of at least 4 members (excludes halogenated alkanes) is 35. The summed E-state index contributed by atoms with van der Waals surface area (Å²) >= 11 is 0. The summed E-state index contributed by atoms with van der Waals surface area (Å²) in [6.45, 7) is 7.81. The van der Waals surface area contributed by atoms with E-state index >= 15 is 0 Å². The fourth-order valence-corrected chi connectivity index (χ4v) is 8.51. The van der Waals surface area contributed by atoms with Gasteiger partial charge in [0.05, 0.1) is 6.61 Å². The van der Waals surface area contributed by atoms with Gasteiger partial charge in [-0.15, -0.1) is 0 Å². The van der Waals surface area contributed by atoms with Gasteiger partial charge >= 0.3 is 11.9 Å². The van der Waals surface area contributed by atoms with Crippen molar-refractivity contribution in [2.24, 2.45) is 0 Å². The molecule has 0 saturated heterocycles. The van der Waals surface area contributed by atoms with E-state index in [4.69, 9.17) is 14.2 Å². The van der Waals surface area contributed by atoms with Crippen molar-refractivity contribution in [3.63, 3.8) is 0 Å². The van der Waals surface area contributed by atoms with Crippen LogP contribution in [0.3, 0.4) is 0 Å². The second-order valence-electron chi connectivity index (χ2n) is 19.6. The van der Waals surface area contributed by atoms with Crippen molar-refractivity contribution in [3.8, 4) is 0 Å². The quantitative estimate of drug-likeness (QED) is 0.0345. The highest BCUT2D eigenvalue weighted by Crippen LogP contribution is 2.17. The molecule has 0 aromatic heterocycles.